The number of nitrogens with one attached hydrogen (secondary N) is 1. The van der Waals surface area contributed by atoms with Gasteiger partial charge in [0.25, 0.3) is 0 Å². The lowest BCUT2D eigenvalue weighted by Crippen LogP contribution is -2.16. The molecule has 0 saturated carbocycles. The van der Waals surface area contributed by atoms with Crippen molar-refractivity contribution in [2.45, 2.75) is 0 Å². The third-order valence-electron chi connectivity index (χ3n) is 2.14. The molecule has 1 aromatic rings. The molecule has 0 heterocycles. The number of methoxy groups -OCH3 is 2. The van der Waals surface area contributed by atoms with E-state index < -0.39 is 11.9 Å². The minimum atomic E-state index is -0.742. The van der Waals surface area contributed by atoms with Crippen molar-refractivity contribution >= 4 is 56.8 Å². The summed E-state index contributed by atoms with van der Waals surface area (Å²) in [5, 5.41) is 3.39. The van der Waals surface area contributed by atoms with Crippen molar-refractivity contribution in [2.24, 2.45) is 0 Å². The van der Waals surface area contributed by atoms with Crippen LogP contribution in [0.5, 0.6) is 0 Å². The zero-order valence-electron chi connectivity index (χ0n) is 10.5. The Morgan fingerprint density at radius 3 is 2.40 bits per heavy atom. The van der Waals surface area contributed by atoms with E-state index in [-0.39, 0.29) is 10.7 Å². The monoisotopic (exact) mass is 381 g/mol. The van der Waals surface area contributed by atoms with Crippen LogP contribution in [0.1, 0.15) is 0 Å². The molecule has 0 spiro atoms. The van der Waals surface area contributed by atoms with Crippen LogP contribution in [0.25, 0.3) is 0 Å². The maximum atomic E-state index is 11.6. The number of esters is 2. The smallest absolute Gasteiger partial charge is 0.354 e. The van der Waals surface area contributed by atoms with Crippen LogP contribution >= 0.6 is 39.1 Å². The molecule has 0 aliphatic rings. The van der Waals surface area contributed by atoms with E-state index in [4.69, 9.17) is 23.2 Å². The number of carbonyl (C=O) groups is 2. The molecular formula is C12H10BrCl2NO4. The molecule has 0 amide bonds. The van der Waals surface area contributed by atoms with Gasteiger partial charge in [0, 0.05) is 9.50 Å². The molecule has 0 aliphatic heterocycles. The van der Waals surface area contributed by atoms with Crippen molar-refractivity contribution < 1.29 is 19.1 Å². The van der Waals surface area contributed by atoms with E-state index in [1.54, 1.807) is 6.07 Å². The van der Waals surface area contributed by atoms with Crippen molar-refractivity contribution in [3.8, 4) is 0 Å². The van der Waals surface area contributed by atoms with Gasteiger partial charge in [-0.15, -0.1) is 0 Å². The number of ether oxygens (including phenoxy) is 2. The topological polar surface area (TPSA) is 64.6 Å². The Hall–Kier alpha value is -1.24. The second kappa shape index (κ2) is 7.52. The molecule has 108 valence electrons. The second-order valence-electron chi connectivity index (χ2n) is 3.44. The highest BCUT2D eigenvalue weighted by Crippen LogP contribution is 2.34. The van der Waals surface area contributed by atoms with Crippen molar-refractivity contribution in [2.75, 3.05) is 19.5 Å². The molecule has 1 rings (SSSR count). The van der Waals surface area contributed by atoms with Crippen LogP contribution < -0.4 is 5.32 Å². The van der Waals surface area contributed by atoms with Gasteiger partial charge in [0.1, 0.15) is 5.70 Å². The van der Waals surface area contributed by atoms with E-state index in [2.05, 4.69) is 30.7 Å². The predicted molar refractivity (Wildman–Crippen MR) is 79.9 cm³/mol. The summed E-state index contributed by atoms with van der Waals surface area (Å²) in [5.41, 5.74) is 0.251. The first-order valence-electron chi connectivity index (χ1n) is 5.18. The highest BCUT2D eigenvalue weighted by molar-refractivity contribution is 9.10. The summed E-state index contributed by atoms with van der Waals surface area (Å²) in [7, 11) is 2.38. The third kappa shape index (κ3) is 4.40. The van der Waals surface area contributed by atoms with E-state index in [0.29, 0.717) is 15.2 Å². The third-order valence-corrected chi connectivity index (χ3v) is 3.28. The van der Waals surface area contributed by atoms with Gasteiger partial charge in [-0.05, 0) is 28.1 Å². The lowest BCUT2D eigenvalue weighted by molar-refractivity contribution is -0.138. The van der Waals surface area contributed by atoms with Gasteiger partial charge in [0.2, 0.25) is 0 Å². The maximum absolute atomic E-state index is 11.6. The molecule has 0 atom stereocenters. The summed E-state index contributed by atoms with van der Waals surface area (Å²) >= 11 is 15.1. The van der Waals surface area contributed by atoms with Crippen LogP contribution in [0.2, 0.25) is 10.0 Å². The highest BCUT2D eigenvalue weighted by atomic mass is 79.9. The molecule has 0 unspecified atom stereocenters. The zero-order valence-corrected chi connectivity index (χ0v) is 13.6. The molecule has 0 fully saturated rings. The number of benzene rings is 1. The molecule has 20 heavy (non-hydrogen) atoms. The summed E-state index contributed by atoms with van der Waals surface area (Å²) in [6.07, 6.45) is 0.962. The Morgan fingerprint density at radius 2 is 1.90 bits per heavy atom. The van der Waals surface area contributed by atoms with Crippen LogP contribution in [0.3, 0.4) is 0 Å². The second-order valence-corrected chi connectivity index (χ2v) is 5.14. The Kier molecular flexibility index (Phi) is 6.32. The van der Waals surface area contributed by atoms with E-state index in [0.717, 1.165) is 6.08 Å². The molecule has 0 radical (unpaired) electrons. The van der Waals surface area contributed by atoms with Crippen LogP contribution in [0, 0.1) is 0 Å². The lowest BCUT2D eigenvalue weighted by atomic mass is 10.3. The van der Waals surface area contributed by atoms with E-state index >= 15 is 0 Å². The first kappa shape index (κ1) is 16.8. The Balaban J connectivity index is 3.17. The van der Waals surface area contributed by atoms with E-state index in [9.17, 15) is 9.59 Å². The molecule has 0 aromatic heterocycles. The molecule has 0 aliphatic carbocycles. The van der Waals surface area contributed by atoms with Crippen LogP contribution in [-0.2, 0) is 19.1 Å². The molecule has 0 saturated heterocycles. The minimum Gasteiger partial charge on any atom is -0.466 e. The fourth-order valence-electron chi connectivity index (χ4n) is 1.23. The van der Waals surface area contributed by atoms with E-state index in [1.165, 1.54) is 20.3 Å². The number of halogens is 3. The predicted octanol–water partition coefficient (Wildman–Crippen LogP) is 3.40. The lowest BCUT2D eigenvalue weighted by Gasteiger charge is -2.12. The van der Waals surface area contributed by atoms with Gasteiger partial charge in [-0.25, -0.2) is 9.59 Å². The number of anilines is 1. The number of hydrogen-bond donors (Lipinski definition) is 1. The standard InChI is InChI=1S/C12H10BrCl2NO4/c1-19-10(17)5-9(12(18)20-2)16-11-7(13)3-6(14)4-8(11)15/h3-5,16H,1-2H3/b9-5+. The summed E-state index contributed by atoms with van der Waals surface area (Å²) < 4.78 is 9.56. The van der Waals surface area contributed by atoms with Crippen molar-refractivity contribution in [1.82, 2.24) is 0 Å². The van der Waals surface area contributed by atoms with Gasteiger partial charge in [-0.1, -0.05) is 23.2 Å². The molecule has 5 nitrogen and oxygen atoms in total. The van der Waals surface area contributed by atoms with Crippen LogP contribution in [-0.4, -0.2) is 26.2 Å². The number of hydrogen-bond acceptors (Lipinski definition) is 5. The van der Waals surface area contributed by atoms with Crippen LogP contribution in [0.15, 0.2) is 28.4 Å². The van der Waals surface area contributed by atoms with Crippen LogP contribution in [0.4, 0.5) is 5.69 Å². The van der Waals surface area contributed by atoms with Gasteiger partial charge in [0.15, 0.2) is 0 Å². The van der Waals surface area contributed by atoms with Gasteiger partial charge in [-0.2, -0.15) is 0 Å². The van der Waals surface area contributed by atoms with E-state index in [1.807, 2.05) is 0 Å². The van der Waals surface area contributed by atoms with Gasteiger partial charge in [-0.3, -0.25) is 0 Å². The number of rotatable bonds is 4. The Labute approximate surface area is 134 Å². The Morgan fingerprint density at radius 1 is 1.25 bits per heavy atom. The summed E-state index contributed by atoms with van der Waals surface area (Å²) in [4.78, 5) is 22.9. The molecule has 1 aromatic carbocycles. The largest absolute Gasteiger partial charge is 0.466 e. The Bertz CT molecular complexity index is 552. The van der Waals surface area contributed by atoms with Gasteiger partial charge >= 0.3 is 11.9 Å². The summed E-state index contributed by atoms with van der Waals surface area (Å²) in [6.45, 7) is 0. The SMILES string of the molecule is COC(=O)/C=C(/Nc1c(Cl)cc(Cl)cc1Br)C(=O)OC. The summed E-state index contributed by atoms with van der Waals surface area (Å²) in [5.74, 6) is -1.45. The summed E-state index contributed by atoms with van der Waals surface area (Å²) in [6, 6.07) is 3.08. The van der Waals surface area contributed by atoms with Gasteiger partial charge in [0.05, 0.1) is 31.0 Å². The number of carbonyl (C=O) groups excluding carboxylic acids is 2. The fourth-order valence-corrected chi connectivity index (χ4v) is 2.57. The molecule has 0 bridgehead atoms. The quantitative estimate of drug-likeness (QED) is 0.638. The molecular weight excluding hydrogens is 373 g/mol. The fraction of sp³-hybridized carbons (Fsp3) is 0.167. The highest BCUT2D eigenvalue weighted by Gasteiger charge is 2.16. The first-order valence-corrected chi connectivity index (χ1v) is 6.73. The van der Waals surface area contributed by atoms with Crippen molar-refractivity contribution in [1.29, 1.82) is 0 Å². The molecule has 8 heteroatoms. The average molecular weight is 383 g/mol. The minimum absolute atomic E-state index is 0.121. The molecule has 1 N–H and O–H groups in total. The zero-order chi connectivity index (χ0) is 15.3. The maximum Gasteiger partial charge on any atom is 0.354 e. The first-order chi connectivity index (χ1) is 9.38. The average Bonchev–Trinajstić information content (AvgIpc) is 2.40. The van der Waals surface area contributed by atoms with Crippen molar-refractivity contribution in [3.63, 3.8) is 0 Å². The normalized spacial score (nSPS) is 10.9. The van der Waals surface area contributed by atoms with Gasteiger partial charge < -0.3 is 14.8 Å². The van der Waals surface area contributed by atoms with Crippen molar-refractivity contribution in [3.05, 3.63) is 38.4 Å².